The smallest absolute Gasteiger partial charge is 0.226 e. The van der Waals surface area contributed by atoms with E-state index in [4.69, 9.17) is 11.6 Å². The molecule has 5 heteroatoms. The lowest BCUT2D eigenvalue weighted by Gasteiger charge is -2.26. The fraction of sp³-hybridized carbons (Fsp3) is 0.692. The van der Waals surface area contributed by atoms with Crippen LogP contribution in [0.1, 0.15) is 25.7 Å². The molecule has 0 bridgehead atoms. The molecule has 0 amide bonds. The summed E-state index contributed by atoms with van der Waals surface area (Å²) in [7, 11) is 3.93. The molecule has 100 valence electrons. The largest absolute Gasteiger partial charge is 0.353 e. The van der Waals surface area contributed by atoms with Gasteiger partial charge in [0.1, 0.15) is 5.82 Å². The molecule has 1 unspecified atom stereocenters. The Kier molecular flexibility index (Phi) is 4.64. The minimum Gasteiger partial charge on any atom is -0.353 e. The van der Waals surface area contributed by atoms with Gasteiger partial charge < -0.3 is 9.80 Å². The number of nitrogens with zero attached hydrogens (tertiary/aromatic N) is 4. The highest BCUT2D eigenvalue weighted by atomic mass is 35.5. The topological polar surface area (TPSA) is 32.3 Å². The molecule has 2 heterocycles. The van der Waals surface area contributed by atoms with Gasteiger partial charge in [0.25, 0.3) is 0 Å². The molecule has 0 saturated carbocycles. The molecule has 1 saturated heterocycles. The standard InChI is InChI=1S/C13H21ClN4/c1-17(2)13-15-9-7-12(16-13)18-10-4-6-11(18)5-3-8-14/h7,9,11H,3-6,8,10H2,1-2H3. The van der Waals surface area contributed by atoms with E-state index in [1.165, 1.54) is 12.8 Å². The van der Waals surface area contributed by atoms with Crippen LogP contribution in [-0.4, -0.2) is 42.5 Å². The van der Waals surface area contributed by atoms with Crippen molar-refractivity contribution in [1.82, 2.24) is 9.97 Å². The SMILES string of the molecule is CN(C)c1nccc(N2CCCC2CCCCl)n1. The van der Waals surface area contributed by atoms with E-state index in [0.29, 0.717) is 6.04 Å². The van der Waals surface area contributed by atoms with Crippen LogP contribution in [0.25, 0.3) is 0 Å². The number of hydrogen-bond acceptors (Lipinski definition) is 4. The molecular formula is C13H21ClN4. The van der Waals surface area contributed by atoms with Crippen molar-refractivity contribution in [3.05, 3.63) is 12.3 Å². The lowest BCUT2D eigenvalue weighted by atomic mass is 10.1. The Bertz CT molecular complexity index is 383. The van der Waals surface area contributed by atoms with Crippen molar-refractivity contribution in [2.45, 2.75) is 31.7 Å². The van der Waals surface area contributed by atoms with Crippen LogP contribution in [0.15, 0.2) is 12.3 Å². The Morgan fingerprint density at radius 1 is 1.50 bits per heavy atom. The normalized spacial score (nSPS) is 19.3. The zero-order valence-corrected chi connectivity index (χ0v) is 11.9. The molecule has 1 aliphatic heterocycles. The third kappa shape index (κ3) is 3.05. The highest BCUT2D eigenvalue weighted by molar-refractivity contribution is 6.17. The summed E-state index contributed by atoms with van der Waals surface area (Å²) in [5, 5.41) is 0. The third-order valence-corrected chi connectivity index (χ3v) is 3.64. The molecule has 0 N–H and O–H groups in total. The van der Waals surface area contributed by atoms with Crippen LogP contribution < -0.4 is 9.80 Å². The van der Waals surface area contributed by atoms with Gasteiger partial charge in [0.2, 0.25) is 5.95 Å². The second kappa shape index (κ2) is 6.23. The summed E-state index contributed by atoms with van der Waals surface area (Å²) in [4.78, 5) is 13.2. The molecule has 0 aromatic carbocycles. The van der Waals surface area contributed by atoms with Gasteiger partial charge in [-0.3, -0.25) is 0 Å². The maximum atomic E-state index is 5.79. The average molecular weight is 269 g/mol. The van der Waals surface area contributed by atoms with Gasteiger partial charge in [0, 0.05) is 38.8 Å². The predicted molar refractivity (Wildman–Crippen MR) is 76.7 cm³/mol. The molecular weight excluding hydrogens is 248 g/mol. The van der Waals surface area contributed by atoms with Gasteiger partial charge in [-0.1, -0.05) is 0 Å². The van der Waals surface area contributed by atoms with Crippen molar-refractivity contribution in [2.75, 3.05) is 36.3 Å². The molecule has 2 rings (SSSR count). The van der Waals surface area contributed by atoms with E-state index in [2.05, 4.69) is 14.9 Å². The lowest BCUT2D eigenvalue weighted by molar-refractivity contribution is 0.598. The number of anilines is 2. The van der Waals surface area contributed by atoms with Gasteiger partial charge in [-0.15, -0.1) is 11.6 Å². The van der Waals surface area contributed by atoms with Gasteiger partial charge in [-0.25, -0.2) is 4.98 Å². The summed E-state index contributed by atoms with van der Waals surface area (Å²) in [6, 6.07) is 2.60. The maximum Gasteiger partial charge on any atom is 0.226 e. The van der Waals surface area contributed by atoms with E-state index in [1.807, 2.05) is 31.3 Å². The number of halogens is 1. The summed E-state index contributed by atoms with van der Waals surface area (Å²) in [6.07, 6.45) is 6.57. The molecule has 0 aliphatic carbocycles. The van der Waals surface area contributed by atoms with Crippen LogP contribution in [0.4, 0.5) is 11.8 Å². The Morgan fingerprint density at radius 3 is 3.06 bits per heavy atom. The van der Waals surface area contributed by atoms with Crippen molar-refractivity contribution in [2.24, 2.45) is 0 Å². The van der Waals surface area contributed by atoms with Crippen LogP contribution >= 0.6 is 11.6 Å². The summed E-state index contributed by atoms with van der Waals surface area (Å²) < 4.78 is 0. The van der Waals surface area contributed by atoms with Crippen LogP contribution in [0.2, 0.25) is 0 Å². The first kappa shape index (κ1) is 13.4. The third-order valence-electron chi connectivity index (χ3n) is 3.37. The molecule has 1 aliphatic rings. The minimum atomic E-state index is 0.591. The number of rotatable bonds is 5. The van der Waals surface area contributed by atoms with Gasteiger partial charge in [-0.2, -0.15) is 4.98 Å². The molecule has 1 aromatic rings. The quantitative estimate of drug-likeness (QED) is 0.769. The summed E-state index contributed by atoms with van der Waals surface area (Å²) in [5.74, 6) is 2.57. The number of alkyl halides is 1. The Labute approximate surface area is 114 Å². The zero-order chi connectivity index (χ0) is 13.0. The highest BCUT2D eigenvalue weighted by Crippen LogP contribution is 2.27. The van der Waals surface area contributed by atoms with E-state index in [0.717, 1.165) is 37.0 Å². The molecule has 1 aromatic heterocycles. The van der Waals surface area contributed by atoms with Crippen molar-refractivity contribution in [3.63, 3.8) is 0 Å². The van der Waals surface area contributed by atoms with Crippen molar-refractivity contribution in [1.29, 1.82) is 0 Å². The molecule has 1 fully saturated rings. The van der Waals surface area contributed by atoms with Crippen LogP contribution in [0.5, 0.6) is 0 Å². The van der Waals surface area contributed by atoms with Crippen molar-refractivity contribution < 1.29 is 0 Å². The van der Waals surface area contributed by atoms with E-state index < -0.39 is 0 Å². The van der Waals surface area contributed by atoms with E-state index in [9.17, 15) is 0 Å². The second-order valence-electron chi connectivity index (χ2n) is 4.93. The summed E-state index contributed by atoms with van der Waals surface area (Å²) in [6.45, 7) is 1.09. The van der Waals surface area contributed by atoms with Gasteiger partial charge in [-0.05, 0) is 31.7 Å². The number of aromatic nitrogens is 2. The fourth-order valence-corrected chi connectivity index (χ4v) is 2.62. The predicted octanol–water partition coefficient (Wildman–Crippen LogP) is 2.53. The summed E-state index contributed by atoms with van der Waals surface area (Å²) in [5.41, 5.74) is 0. The first-order chi connectivity index (χ1) is 8.72. The van der Waals surface area contributed by atoms with Gasteiger partial charge in [0.15, 0.2) is 0 Å². The van der Waals surface area contributed by atoms with Crippen LogP contribution in [0, 0.1) is 0 Å². The molecule has 0 radical (unpaired) electrons. The molecule has 0 spiro atoms. The van der Waals surface area contributed by atoms with Crippen LogP contribution in [0.3, 0.4) is 0 Å². The van der Waals surface area contributed by atoms with E-state index in [1.54, 1.807) is 0 Å². The first-order valence-electron chi connectivity index (χ1n) is 6.55. The van der Waals surface area contributed by atoms with Crippen molar-refractivity contribution >= 4 is 23.4 Å². The Morgan fingerprint density at radius 2 is 2.33 bits per heavy atom. The Balaban J connectivity index is 2.11. The average Bonchev–Trinajstić information content (AvgIpc) is 2.84. The second-order valence-corrected chi connectivity index (χ2v) is 5.31. The minimum absolute atomic E-state index is 0.591. The highest BCUT2D eigenvalue weighted by Gasteiger charge is 2.25. The number of hydrogen-bond donors (Lipinski definition) is 0. The van der Waals surface area contributed by atoms with Gasteiger partial charge in [0.05, 0.1) is 0 Å². The van der Waals surface area contributed by atoms with E-state index in [-0.39, 0.29) is 0 Å². The Hall–Kier alpha value is -1.03. The summed E-state index contributed by atoms with van der Waals surface area (Å²) >= 11 is 5.79. The molecule has 4 nitrogen and oxygen atoms in total. The zero-order valence-electron chi connectivity index (χ0n) is 11.1. The van der Waals surface area contributed by atoms with Crippen molar-refractivity contribution in [3.8, 4) is 0 Å². The van der Waals surface area contributed by atoms with Crippen LogP contribution in [-0.2, 0) is 0 Å². The molecule has 18 heavy (non-hydrogen) atoms. The first-order valence-corrected chi connectivity index (χ1v) is 7.09. The van der Waals surface area contributed by atoms with E-state index >= 15 is 0 Å². The lowest BCUT2D eigenvalue weighted by Crippen LogP contribution is -2.30. The molecule has 1 atom stereocenters. The van der Waals surface area contributed by atoms with Gasteiger partial charge >= 0.3 is 0 Å². The fourth-order valence-electron chi connectivity index (χ4n) is 2.46. The maximum absolute atomic E-state index is 5.79. The monoisotopic (exact) mass is 268 g/mol.